The number of hydrogen-bond donors (Lipinski definition) is 1. The summed E-state index contributed by atoms with van der Waals surface area (Å²) in [7, 11) is 0. The van der Waals surface area contributed by atoms with Crippen LogP contribution in [0.15, 0.2) is 36.4 Å². The van der Waals surface area contributed by atoms with Crippen molar-refractivity contribution in [3.8, 4) is 0 Å². The predicted octanol–water partition coefficient (Wildman–Crippen LogP) is 4.33. The highest BCUT2D eigenvalue weighted by Gasteiger charge is 2.22. The van der Waals surface area contributed by atoms with Gasteiger partial charge < -0.3 is 10.2 Å². The molecule has 3 rings (SSSR count). The van der Waals surface area contributed by atoms with Gasteiger partial charge in [-0.15, -0.1) is 0 Å². The monoisotopic (exact) mass is 387 g/mol. The summed E-state index contributed by atoms with van der Waals surface area (Å²) in [4.78, 5) is 36.7. The highest BCUT2D eigenvalue weighted by atomic mass is 35.5. The molecule has 2 aromatic rings. The Morgan fingerprint density at radius 1 is 1.22 bits per heavy atom. The zero-order valence-electron chi connectivity index (χ0n) is 14.7. The lowest BCUT2D eigenvalue weighted by Crippen LogP contribution is -2.35. The number of nitro groups is 1. The Labute approximate surface area is 161 Å². The van der Waals surface area contributed by atoms with E-state index in [2.05, 4.69) is 5.32 Å². The second-order valence-corrected chi connectivity index (χ2v) is 6.79. The Hall–Kier alpha value is -2.93. The number of carbonyl (C=O) groups is 2. The molecule has 140 valence electrons. The van der Waals surface area contributed by atoms with Gasteiger partial charge in [-0.05, 0) is 43.5 Å². The van der Waals surface area contributed by atoms with Gasteiger partial charge in [-0.3, -0.25) is 19.7 Å². The molecule has 0 atom stereocenters. The second-order valence-electron chi connectivity index (χ2n) is 6.38. The van der Waals surface area contributed by atoms with Gasteiger partial charge in [0.25, 0.3) is 11.6 Å². The molecule has 0 spiro atoms. The van der Waals surface area contributed by atoms with Crippen molar-refractivity contribution in [1.82, 2.24) is 0 Å². The number of nitrogens with zero attached hydrogens (tertiary/aromatic N) is 2. The van der Waals surface area contributed by atoms with E-state index in [1.54, 1.807) is 17.0 Å². The molecule has 1 fully saturated rings. The molecule has 0 radical (unpaired) electrons. The molecule has 2 aromatic carbocycles. The summed E-state index contributed by atoms with van der Waals surface area (Å²) in [6, 6.07) is 9.03. The van der Waals surface area contributed by atoms with Gasteiger partial charge in [-0.2, -0.15) is 0 Å². The van der Waals surface area contributed by atoms with Crippen LogP contribution in [0, 0.1) is 17.0 Å². The SMILES string of the molecule is Cc1ccc(NC(=O)c2ccc([N+](=O)[O-])cc2Cl)cc1N1CCCCC1=O. The fourth-order valence-electron chi connectivity index (χ4n) is 3.04. The molecule has 2 amide bonds. The molecular weight excluding hydrogens is 370 g/mol. The molecule has 8 heteroatoms. The number of non-ortho nitro benzene ring substituents is 1. The smallest absolute Gasteiger partial charge is 0.270 e. The number of anilines is 2. The summed E-state index contributed by atoms with van der Waals surface area (Å²) in [6.45, 7) is 2.57. The van der Waals surface area contributed by atoms with Gasteiger partial charge in [0.05, 0.1) is 15.5 Å². The van der Waals surface area contributed by atoms with Crippen LogP contribution >= 0.6 is 11.6 Å². The lowest BCUT2D eigenvalue weighted by Gasteiger charge is -2.28. The summed E-state index contributed by atoms with van der Waals surface area (Å²) < 4.78 is 0. The zero-order chi connectivity index (χ0) is 19.6. The number of piperidine rings is 1. The third-order valence-corrected chi connectivity index (χ3v) is 4.80. The number of benzene rings is 2. The van der Waals surface area contributed by atoms with Crippen LogP contribution in [0.5, 0.6) is 0 Å². The van der Waals surface area contributed by atoms with Crippen LogP contribution in [0.25, 0.3) is 0 Å². The number of hydrogen-bond acceptors (Lipinski definition) is 4. The molecule has 1 N–H and O–H groups in total. The van der Waals surface area contributed by atoms with Crippen LogP contribution in [0.1, 0.15) is 35.2 Å². The lowest BCUT2D eigenvalue weighted by atomic mass is 10.1. The first-order chi connectivity index (χ1) is 12.9. The molecule has 0 saturated carbocycles. The first-order valence-corrected chi connectivity index (χ1v) is 8.91. The van der Waals surface area contributed by atoms with Crippen LogP contribution in [0.4, 0.5) is 17.1 Å². The first-order valence-electron chi connectivity index (χ1n) is 8.53. The van der Waals surface area contributed by atoms with Gasteiger partial charge in [-0.25, -0.2) is 0 Å². The Morgan fingerprint density at radius 3 is 2.67 bits per heavy atom. The van der Waals surface area contributed by atoms with Crippen molar-refractivity contribution in [3.05, 3.63) is 62.7 Å². The van der Waals surface area contributed by atoms with Gasteiger partial charge in [0.1, 0.15) is 0 Å². The maximum atomic E-state index is 12.5. The highest BCUT2D eigenvalue weighted by Crippen LogP contribution is 2.29. The largest absolute Gasteiger partial charge is 0.322 e. The van der Waals surface area contributed by atoms with E-state index in [-0.39, 0.29) is 22.2 Å². The molecule has 1 saturated heterocycles. The minimum atomic E-state index is -0.574. The molecule has 0 aliphatic carbocycles. The number of amides is 2. The summed E-state index contributed by atoms with van der Waals surface area (Å²) in [5, 5.41) is 13.5. The number of carbonyl (C=O) groups excluding carboxylic acids is 2. The summed E-state index contributed by atoms with van der Waals surface area (Å²) in [6.07, 6.45) is 2.36. The molecule has 7 nitrogen and oxygen atoms in total. The molecule has 27 heavy (non-hydrogen) atoms. The summed E-state index contributed by atoms with van der Waals surface area (Å²) >= 11 is 6.01. The van der Waals surface area contributed by atoms with E-state index in [1.807, 2.05) is 13.0 Å². The van der Waals surface area contributed by atoms with Gasteiger partial charge in [0.2, 0.25) is 5.91 Å². The Balaban J connectivity index is 1.83. The van der Waals surface area contributed by atoms with Crippen molar-refractivity contribution in [3.63, 3.8) is 0 Å². The number of nitro benzene ring substituents is 1. The van der Waals surface area contributed by atoms with Crippen LogP contribution in [0.2, 0.25) is 5.02 Å². The molecular formula is C19H18ClN3O4. The quantitative estimate of drug-likeness (QED) is 0.624. The lowest BCUT2D eigenvalue weighted by molar-refractivity contribution is -0.384. The Bertz CT molecular complexity index is 929. The van der Waals surface area contributed by atoms with E-state index in [9.17, 15) is 19.7 Å². The van der Waals surface area contributed by atoms with E-state index in [1.165, 1.54) is 12.1 Å². The van der Waals surface area contributed by atoms with Crippen LogP contribution in [0.3, 0.4) is 0 Å². The van der Waals surface area contributed by atoms with E-state index in [0.29, 0.717) is 18.7 Å². The normalized spacial score (nSPS) is 14.1. The van der Waals surface area contributed by atoms with E-state index in [4.69, 9.17) is 11.6 Å². The van der Waals surface area contributed by atoms with Gasteiger partial charge >= 0.3 is 0 Å². The fourth-order valence-corrected chi connectivity index (χ4v) is 3.30. The minimum absolute atomic E-state index is 0.000225. The molecule has 1 aliphatic rings. The molecule has 0 bridgehead atoms. The van der Waals surface area contributed by atoms with Gasteiger partial charge in [0, 0.05) is 36.5 Å². The number of rotatable bonds is 4. The number of halogens is 1. The summed E-state index contributed by atoms with van der Waals surface area (Å²) in [5.74, 6) is -0.402. The molecule has 1 heterocycles. The van der Waals surface area contributed by atoms with E-state index in [0.717, 1.165) is 30.2 Å². The first kappa shape index (κ1) is 18.8. The fraction of sp³-hybridized carbons (Fsp3) is 0.263. The molecule has 0 aromatic heterocycles. The van der Waals surface area contributed by atoms with Crippen molar-refractivity contribution in [2.24, 2.45) is 0 Å². The third-order valence-electron chi connectivity index (χ3n) is 4.49. The van der Waals surface area contributed by atoms with E-state index >= 15 is 0 Å². The molecule has 0 unspecified atom stereocenters. The number of aryl methyl sites for hydroxylation is 1. The van der Waals surface area contributed by atoms with Crippen molar-refractivity contribution in [2.75, 3.05) is 16.8 Å². The van der Waals surface area contributed by atoms with Crippen molar-refractivity contribution in [2.45, 2.75) is 26.2 Å². The highest BCUT2D eigenvalue weighted by molar-refractivity contribution is 6.34. The zero-order valence-corrected chi connectivity index (χ0v) is 15.5. The average molecular weight is 388 g/mol. The summed E-state index contributed by atoms with van der Waals surface area (Å²) in [5.41, 5.74) is 2.19. The predicted molar refractivity (Wildman–Crippen MR) is 103 cm³/mol. The Morgan fingerprint density at radius 2 is 2.00 bits per heavy atom. The Kier molecular flexibility index (Phi) is 5.41. The third kappa shape index (κ3) is 4.09. The van der Waals surface area contributed by atoms with Crippen LogP contribution in [-0.4, -0.2) is 23.3 Å². The van der Waals surface area contributed by atoms with Crippen LogP contribution < -0.4 is 10.2 Å². The number of nitrogens with one attached hydrogen (secondary N) is 1. The topological polar surface area (TPSA) is 92.5 Å². The van der Waals surface area contributed by atoms with Crippen LogP contribution in [-0.2, 0) is 4.79 Å². The van der Waals surface area contributed by atoms with Gasteiger partial charge in [0.15, 0.2) is 0 Å². The maximum Gasteiger partial charge on any atom is 0.270 e. The second kappa shape index (κ2) is 7.75. The van der Waals surface area contributed by atoms with Crippen molar-refractivity contribution < 1.29 is 14.5 Å². The maximum absolute atomic E-state index is 12.5. The van der Waals surface area contributed by atoms with Gasteiger partial charge in [-0.1, -0.05) is 17.7 Å². The minimum Gasteiger partial charge on any atom is -0.322 e. The standard InChI is InChI=1S/C19H18ClN3O4/c1-12-5-6-13(10-17(12)22-9-3-2-4-18(22)24)21-19(25)15-8-7-14(23(26)27)11-16(15)20/h5-8,10-11H,2-4,9H2,1H3,(H,21,25). The average Bonchev–Trinajstić information content (AvgIpc) is 2.63. The molecule has 1 aliphatic heterocycles. The van der Waals surface area contributed by atoms with Crippen molar-refractivity contribution >= 4 is 40.5 Å². The van der Waals surface area contributed by atoms with Crippen molar-refractivity contribution in [1.29, 1.82) is 0 Å². The van der Waals surface area contributed by atoms with E-state index < -0.39 is 10.8 Å².